The van der Waals surface area contributed by atoms with Crippen LogP contribution in [0.25, 0.3) is 0 Å². The van der Waals surface area contributed by atoms with Crippen molar-refractivity contribution in [3.63, 3.8) is 0 Å². The molecule has 0 bridgehead atoms. The van der Waals surface area contributed by atoms with Crippen molar-refractivity contribution < 1.29 is 17.9 Å². The molecule has 158 valence electrons. The van der Waals surface area contributed by atoms with Gasteiger partial charge in [0.15, 0.2) is 11.5 Å². The fourth-order valence-electron chi connectivity index (χ4n) is 3.57. The number of ether oxygens (including phenoxy) is 2. The number of sulfonamides is 1. The van der Waals surface area contributed by atoms with Crippen LogP contribution in [0.4, 0.5) is 0 Å². The molecule has 0 amide bonds. The molecule has 1 aromatic carbocycles. The number of unbranched alkanes of at least 4 members (excludes halogenated alkanes) is 2. The van der Waals surface area contributed by atoms with E-state index < -0.39 is 10.0 Å². The van der Waals surface area contributed by atoms with Crippen LogP contribution in [-0.4, -0.2) is 52.2 Å². The van der Waals surface area contributed by atoms with Gasteiger partial charge in [-0.3, -0.25) is 9.88 Å². The summed E-state index contributed by atoms with van der Waals surface area (Å²) in [7, 11) is -0.136. The second-order valence-electron chi connectivity index (χ2n) is 7.15. The number of nitrogens with one attached hydrogen (secondary N) is 1. The Labute approximate surface area is 173 Å². The van der Waals surface area contributed by atoms with E-state index in [9.17, 15) is 8.42 Å². The first-order valence-corrected chi connectivity index (χ1v) is 11.4. The summed E-state index contributed by atoms with van der Waals surface area (Å²) in [6.45, 7) is 3.37. The molecule has 0 saturated carbocycles. The lowest BCUT2D eigenvalue weighted by atomic mass is 9.98. The zero-order valence-electron chi connectivity index (χ0n) is 17.1. The molecule has 0 atom stereocenters. The summed E-state index contributed by atoms with van der Waals surface area (Å²) in [6.07, 6.45) is 6.75. The standard InChI is InChI=1S/C21H29N3O4S/c1-27-20-13-17-8-12-24(16-18(17)14-21(20)28-2)11-5-3-4-10-23-29(25,26)19-7-6-9-22-15-19/h6-7,9,13-15,23H,3-5,8,10-12,16H2,1-2H3. The summed E-state index contributed by atoms with van der Waals surface area (Å²) in [6, 6.07) is 7.33. The zero-order valence-corrected chi connectivity index (χ0v) is 17.9. The molecule has 7 nitrogen and oxygen atoms in total. The lowest BCUT2D eigenvalue weighted by Crippen LogP contribution is -2.31. The number of benzene rings is 1. The van der Waals surface area contributed by atoms with E-state index in [1.54, 1.807) is 32.5 Å². The number of nitrogens with zero attached hydrogens (tertiary/aromatic N) is 2. The van der Waals surface area contributed by atoms with E-state index in [1.807, 2.05) is 0 Å². The predicted octanol–water partition coefficient (Wildman–Crippen LogP) is 2.61. The van der Waals surface area contributed by atoms with Gasteiger partial charge < -0.3 is 9.47 Å². The van der Waals surface area contributed by atoms with Gasteiger partial charge >= 0.3 is 0 Å². The average molecular weight is 420 g/mol. The van der Waals surface area contributed by atoms with Crippen LogP contribution >= 0.6 is 0 Å². The maximum absolute atomic E-state index is 12.1. The van der Waals surface area contributed by atoms with Crippen LogP contribution in [0.5, 0.6) is 11.5 Å². The van der Waals surface area contributed by atoms with Crippen molar-refractivity contribution in [3.05, 3.63) is 47.8 Å². The molecular formula is C21H29N3O4S. The maximum Gasteiger partial charge on any atom is 0.242 e. The monoisotopic (exact) mass is 419 g/mol. The minimum absolute atomic E-state index is 0.207. The van der Waals surface area contributed by atoms with Crippen LogP contribution in [0.1, 0.15) is 30.4 Å². The Hall–Kier alpha value is -2.16. The van der Waals surface area contributed by atoms with Gasteiger partial charge in [0.1, 0.15) is 4.90 Å². The second kappa shape index (κ2) is 10.0. The first-order chi connectivity index (χ1) is 14.0. The highest BCUT2D eigenvalue weighted by Gasteiger charge is 2.19. The minimum atomic E-state index is -3.46. The van der Waals surface area contributed by atoms with Gasteiger partial charge in [0.05, 0.1) is 14.2 Å². The van der Waals surface area contributed by atoms with Crippen LogP contribution in [0.3, 0.4) is 0 Å². The molecule has 0 radical (unpaired) electrons. The molecule has 1 aromatic heterocycles. The highest BCUT2D eigenvalue weighted by atomic mass is 32.2. The number of aromatic nitrogens is 1. The SMILES string of the molecule is COc1cc2c(cc1OC)CN(CCCCCNS(=O)(=O)c1cccnc1)CC2. The number of pyridine rings is 1. The third-order valence-electron chi connectivity index (χ3n) is 5.19. The first-order valence-electron chi connectivity index (χ1n) is 9.89. The first kappa shape index (κ1) is 21.5. The predicted molar refractivity (Wildman–Crippen MR) is 112 cm³/mol. The Morgan fingerprint density at radius 1 is 1.10 bits per heavy atom. The van der Waals surface area contributed by atoms with Crippen molar-refractivity contribution >= 4 is 10.0 Å². The molecule has 29 heavy (non-hydrogen) atoms. The summed E-state index contributed by atoms with van der Waals surface area (Å²) in [5.41, 5.74) is 2.61. The van der Waals surface area contributed by atoms with E-state index in [-0.39, 0.29) is 4.90 Å². The smallest absolute Gasteiger partial charge is 0.242 e. The average Bonchev–Trinajstić information content (AvgIpc) is 2.75. The fourth-order valence-corrected chi connectivity index (χ4v) is 4.60. The molecule has 1 N–H and O–H groups in total. The molecule has 3 rings (SSSR count). The highest BCUT2D eigenvalue weighted by molar-refractivity contribution is 7.89. The molecule has 0 fully saturated rings. The van der Waals surface area contributed by atoms with Crippen molar-refractivity contribution in [2.75, 3.05) is 33.9 Å². The van der Waals surface area contributed by atoms with E-state index in [1.165, 1.54) is 17.3 Å². The molecular weight excluding hydrogens is 390 g/mol. The quantitative estimate of drug-likeness (QED) is 0.596. The van der Waals surface area contributed by atoms with Gasteiger partial charge in [-0.15, -0.1) is 0 Å². The third-order valence-corrected chi connectivity index (χ3v) is 6.63. The fraction of sp³-hybridized carbons (Fsp3) is 0.476. The molecule has 1 aliphatic rings. The minimum Gasteiger partial charge on any atom is -0.493 e. The number of rotatable bonds is 10. The Balaban J connectivity index is 1.40. The topological polar surface area (TPSA) is 80.8 Å². The molecule has 0 spiro atoms. The van der Waals surface area contributed by atoms with Crippen LogP contribution in [0.2, 0.25) is 0 Å². The van der Waals surface area contributed by atoms with Gasteiger partial charge in [0.2, 0.25) is 10.0 Å². The molecule has 2 aromatic rings. The van der Waals surface area contributed by atoms with Crippen molar-refractivity contribution in [1.82, 2.24) is 14.6 Å². The largest absolute Gasteiger partial charge is 0.493 e. The summed E-state index contributed by atoms with van der Waals surface area (Å²) in [5, 5.41) is 0. The Morgan fingerprint density at radius 3 is 2.55 bits per heavy atom. The van der Waals surface area contributed by atoms with Crippen LogP contribution in [-0.2, 0) is 23.0 Å². The van der Waals surface area contributed by atoms with E-state index in [0.29, 0.717) is 6.54 Å². The van der Waals surface area contributed by atoms with Crippen LogP contribution in [0, 0.1) is 0 Å². The normalized spacial score (nSPS) is 14.4. The molecule has 0 saturated heterocycles. The summed E-state index contributed by atoms with van der Waals surface area (Å²) < 4.78 is 37.8. The van der Waals surface area contributed by atoms with E-state index >= 15 is 0 Å². The number of methoxy groups -OCH3 is 2. The van der Waals surface area contributed by atoms with Gasteiger partial charge in [0, 0.05) is 32.0 Å². The Bertz CT molecular complexity index is 904. The van der Waals surface area contributed by atoms with Crippen molar-refractivity contribution in [2.24, 2.45) is 0 Å². The van der Waals surface area contributed by atoms with Crippen molar-refractivity contribution in [1.29, 1.82) is 0 Å². The number of hydrogen-bond donors (Lipinski definition) is 1. The summed E-state index contributed by atoms with van der Waals surface area (Å²) >= 11 is 0. The van der Waals surface area contributed by atoms with E-state index in [2.05, 4.69) is 26.7 Å². The van der Waals surface area contributed by atoms with E-state index in [4.69, 9.17) is 9.47 Å². The van der Waals surface area contributed by atoms with Gasteiger partial charge in [-0.2, -0.15) is 0 Å². The molecule has 0 unspecified atom stereocenters. The van der Waals surface area contributed by atoms with Gasteiger partial charge in [-0.25, -0.2) is 13.1 Å². The van der Waals surface area contributed by atoms with Crippen molar-refractivity contribution in [3.8, 4) is 11.5 Å². The lowest BCUT2D eigenvalue weighted by molar-refractivity contribution is 0.247. The van der Waals surface area contributed by atoms with Gasteiger partial charge in [-0.1, -0.05) is 6.42 Å². The Morgan fingerprint density at radius 2 is 1.86 bits per heavy atom. The molecule has 0 aliphatic carbocycles. The highest BCUT2D eigenvalue weighted by Crippen LogP contribution is 2.33. The maximum atomic E-state index is 12.1. The number of fused-ring (bicyclic) bond motifs is 1. The van der Waals surface area contributed by atoms with Gasteiger partial charge in [-0.05, 0) is 61.2 Å². The van der Waals surface area contributed by atoms with Crippen molar-refractivity contribution in [2.45, 2.75) is 37.1 Å². The van der Waals surface area contributed by atoms with Crippen LogP contribution in [0.15, 0.2) is 41.6 Å². The Kier molecular flexibility index (Phi) is 7.46. The number of hydrogen-bond acceptors (Lipinski definition) is 6. The second-order valence-corrected chi connectivity index (χ2v) is 8.92. The van der Waals surface area contributed by atoms with E-state index in [0.717, 1.165) is 56.8 Å². The summed E-state index contributed by atoms with van der Waals surface area (Å²) in [5.74, 6) is 1.56. The molecule has 2 heterocycles. The van der Waals surface area contributed by atoms with Gasteiger partial charge in [0.25, 0.3) is 0 Å². The summed E-state index contributed by atoms with van der Waals surface area (Å²) in [4.78, 5) is 6.50. The molecule has 1 aliphatic heterocycles. The third kappa shape index (κ3) is 5.68. The molecule has 8 heteroatoms. The van der Waals surface area contributed by atoms with Crippen LogP contribution < -0.4 is 14.2 Å². The zero-order chi connectivity index (χ0) is 20.7. The lowest BCUT2D eigenvalue weighted by Gasteiger charge is -2.29.